The van der Waals surface area contributed by atoms with Gasteiger partial charge in [0.25, 0.3) is 0 Å². The molecule has 7 nitrogen and oxygen atoms in total. The van der Waals surface area contributed by atoms with Crippen LogP contribution in [0, 0.1) is 0 Å². The maximum atomic E-state index is 5.55. The molecular weight excluding hydrogens is 330 g/mol. The molecule has 1 aliphatic rings. The van der Waals surface area contributed by atoms with Gasteiger partial charge in [-0.05, 0) is 32.9 Å². The number of hydrogen-bond acceptors (Lipinski definition) is 5. The van der Waals surface area contributed by atoms with Crippen molar-refractivity contribution in [2.24, 2.45) is 4.99 Å². The first-order valence-electron chi connectivity index (χ1n) is 10.3. The molecule has 0 radical (unpaired) electrons. The van der Waals surface area contributed by atoms with Crippen LogP contribution in [-0.2, 0) is 9.47 Å². The van der Waals surface area contributed by atoms with Crippen molar-refractivity contribution in [3.8, 4) is 0 Å². The van der Waals surface area contributed by atoms with E-state index in [-0.39, 0.29) is 0 Å². The average molecular weight is 372 g/mol. The van der Waals surface area contributed by atoms with Crippen molar-refractivity contribution in [3.63, 3.8) is 0 Å². The third-order valence-corrected chi connectivity index (χ3v) is 4.57. The zero-order chi connectivity index (χ0) is 18.9. The number of nitrogens with zero attached hydrogens (tertiary/aromatic N) is 3. The highest BCUT2D eigenvalue weighted by molar-refractivity contribution is 5.79. The van der Waals surface area contributed by atoms with Crippen LogP contribution in [0.5, 0.6) is 0 Å². The molecule has 1 fully saturated rings. The van der Waals surface area contributed by atoms with Crippen molar-refractivity contribution in [3.05, 3.63) is 0 Å². The third-order valence-electron chi connectivity index (χ3n) is 4.57. The Balaban J connectivity index is 1.89. The molecular formula is C19H41N5O2. The second kappa shape index (κ2) is 16.3. The van der Waals surface area contributed by atoms with Crippen LogP contribution in [0.4, 0.5) is 0 Å². The standard InChI is InChI=1S/C19H41N5O2/c1-4-5-15-25-17-18-26-16-9-22-19(20-2)21-8-6-7-10-24-13-11-23(3)12-14-24/h4-18H2,1-3H3,(H2,20,21,22). The lowest BCUT2D eigenvalue weighted by molar-refractivity contribution is 0.0487. The SMILES string of the molecule is CCCCOCCOCCNC(=NC)NCCCCN1CCN(C)CC1. The molecule has 1 heterocycles. The Bertz CT molecular complexity index is 347. The maximum Gasteiger partial charge on any atom is 0.191 e. The molecule has 0 aromatic carbocycles. The number of aliphatic imine (C=N–C) groups is 1. The minimum Gasteiger partial charge on any atom is -0.379 e. The molecule has 0 amide bonds. The van der Waals surface area contributed by atoms with Gasteiger partial charge in [-0.2, -0.15) is 0 Å². The van der Waals surface area contributed by atoms with Gasteiger partial charge in [0.15, 0.2) is 5.96 Å². The first kappa shape index (κ1) is 23.1. The highest BCUT2D eigenvalue weighted by atomic mass is 16.5. The molecule has 1 rings (SSSR count). The van der Waals surface area contributed by atoms with E-state index in [1.165, 1.54) is 52.0 Å². The number of rotatable bonds is 14. The van der Waals surface area contributed by atoms with E-state index in [2.05, 4.69) is 39.4 Å². The van der Waals surface area contributed by atoms with Gasteiger partial charge in [-0.1, -0.05) is 13.3 Å². The van der Waals surface area contributed by atoms with Crippen LogP contribution < -0.4 is 10.6 Å². The lowest BCUT2D eigenvalue weighted by Gasteiger charge is -2.32. The molecule has 1 saturated heterocycles. The fraction of sp³-hybridized carbons (Fsp3) is 0.947. The molecule has 0 aromatic rings. The Morgan fingerprint density at radius 3 is 2.27 bits per heavy atom. The first-order valence-corrected chi connectivity index (χ1v) is 10.3. The van der Waals surface area contributed by atoms with E-state index in [0.29, 0.717) is 19.8 Å². The largest absolute Gasteiger partial charge is 0.379 e. The van der Waals surface area contributed by atoms with Gasteiger partial charge in [-0.15, -0.1) is 0 Å². The Kier molecular flexibility index (Phi) is 14.5. The molecule has 0 atom stereocenters. The van der Waals surface area contributed by atoms with E-state index in [1.54, 1.807) is 0 Å². The number of guanidine groups is 1. The van der Waals surface area contributed by atoms with Gasteiger partial charge in [0.05, 0.1) is 19.8 Å². The summed E-state index contributed by atoms with van der Waals surface area (Å²) in [6.45, 7) is 12.7. The Morgan fingerprint density at radius 1 is 0.885 bits per heavy atom. The minimum atomic E-state index is 0.656. The van der Waals surface area contributed by atoms with Gasteiger partial charge in [0.1, 0.15) is 0 Å². The molecule has 26 heavy (non-hydrogen) atoms. The summed E-state index contributed by atoms with van der Waals surface area (Å²) in [4.78, 5) is 9.22. The topological polar surface area (TPSA) is 61.4 Å². The summed E-state index contributed by atoms with van der Waals surface area (Å²) in [5, 5.41) is 6.65. The average Bonchev–Trinajstić information content (AvgIpc) is 2.66. The van der Waals surface area contributed by atoms with Gasteiger partial charge >= 0.3 is 0 Å². The molecule has 7 heteroatoms. The molecule has 0 bridgehead atoms. The molecule has 154 valence electrons. The van der Waals surface area contributed by atoms with E-state index in [9.17, 15) is 0 Å². The van der Waals surface area contributed by atoms with Crippen LogP contribution in [0.25, 0.3) is 0 Å². The quantitative estimate of drug-likeness (QED) is 0.270. The maximum absolute atomic E-state index is 5.55. The smallest absolute Gasteiger partial charge is 0.191 e. The first-order chi connectivity index (χ1) is 12.8. The number of nitrogens with one attached hydrogen (secondary N) is 2. The molecule has 0 spiro atoms. The normalized spacial score (nSPS) is 16.8. The summed E-state index contributed by atoms with van der Waals surface area (Å²) in [5.74, 6) is 0.854. The van der Waals surface area contributed by atoms with Crippen LogP contribution >= 0.6 is 0 Å². The second-order valence-electron chi connectivity index (χ2n) is 6.86. The molecule has 2 N–H and O–H groups in total. The fourth-order valence-corrected chi connectivity index (χ4v) is 2.77. The Labute approximate surface area is 160 Å². The number of ether oxygens (including phenoxy) is 2. The predicted molar refractivity (Wildman–Crippen MR) is 109 cm³/mol. The van der Waals surface area contributed by atoms with E-state index in [0.717, 1.165) is 32.1 Å². The molecule has 0 saturated carbocycles. The van der Waals surface area contributed by atoms with Crippen LogP contribution in [0.1, 0.15) is 32.6 Å². The van der Waals surface area contributed by atoms with E-state index in [4.69, 9.17) is 9.47 Å². The van der Waals surface area contributed by atoms with Gasteiger partial charge in [0, 0.05) is 52.9 Å². The van der Waals surface area contributed by atoms with E-state index < -0.39 is 0 Å². The Morgan fingerprint density at radius 2 is 1.58 bits per heavy atom. The second-order valence-corrected chi connectivity index (χ2v) is 6.86. The van der Waals surface area contributed by atoms with Crippen LogP contribution in [0.3, 0.4) is 0 Å². The van der Waals surface area contributed by atoms with Gasteiger partial charge < -0.3 is 29.9 Å². The zero-order valence-corrected chi connectivity index (χ0v) is 17.3. The van der Waals surface area contributed by atoms with E-state index in [1.807, 2.05) is 7.05 Å². The van der Waals surface area contributed by atoms with Crippen LogP contribution in [0.15, 0.2) is 4.99 Å². The number of unbranched alkanes of at least 4 members (excludes halogenated alkanes) is 2. The van der Waals surface area contributed by atoms with Crippen molar-refractivity contribution >= 4 is 5.96 Å². The van der Waals surface area contributed by atoms with Gasteiger partial charge in [-0.3, -0.25) is 4.99 Å². The molecule has 0 aromatic heterocycles. The minimum absolute atomic E-state index is 0.656. The summed E-state index contributed by atoms with van der Waals surface area (Å²) in [5.41, 5.74) is 0. The summed E-state index contributed by atoms with van der Waals surface area (Å²) >= 11 is 0. The van der Waals surface area contributed by atoms with Crippen LogP contribution in [-0.4, -0.2) is 102 Å². The van der Waals surface area contributed by atoms with E-state index >= 15 is 0 Å². The number of likely N-dealkylation sites (N-methyl/N-ethyl adjacent to an activating group) is 1. The molecule has 1 aliphatic heterocycles. The van der Waals surface area contributed by atoms with Crippen molar-refractivity contribution in [1.29, 1.82) is 0 Å². The molecule has 0 aliphatic carbocycles. The Hall–Kier alpha value is -0.890. The van der Waals surface area contributed by atoms with Crippen LogP contribution in [0.2, 0.25) is 0 Å². The highest BCUT2D eigenvalue weighted by Crippen LogP contribution is 2.01. The summed E-state index contributed by atoms with van der Waals surface area (Å²) in [6.07, 6.45) is 4.69. The fourth-order valence-electron chi connectivity index (χ4n) is 2.77. The third kappa shape index (κ3) is 12.5. The zero-order valence-electron chi connectivity index (χ0n) is 17.3. The monoisotopic (exact) mass is 371 g/mol. The van der Waals surface area contributed by atoms with Gasteiger partial charge in [-0.25, -0.2) is 0 Å². The summed E-state index contributed by atoms with van der Waals surface area (Å²) in [6, 6.07) is 0. The highest BCUT2D eigenvalue weighted by Gasteiger charge is 2.12. The van der Waals surface area contributed by atoms with Crippen molar-refractivity contribution in [2.75, 3.05) is 86.3 Å². The van der Waals surface area contributed by atoms with Crippen molar-refractivity contribution < 1.29 is 9.47 Å². The van der Waals surface area contributed by atoms with Crippen molar-refractivity contribution in [1.82, 2.24) is 20.4 Å². The summed E-state index contributed by atoms with van der Waals surface area (Å²) < 4.78 is 11.0. The number of hydrogen-bond donors (Lipinski definition) is 2. The van der Waals surface area contributed by atoms with Gasteiger partial charge in [0.2, 0.25) is 0 Å². The predicted octanol–water partition coefficient (Wildman–Crippen LogP) is 1.01. The lowest BCUT2D eigenvalue weighted by Crippen LogP contribution is -2.44. The summed E-state index contributed by atoms with van der Waals surface area (Å²) in [7, 11) is 4.01. The lowest BCUT2D eigenvalue weighted by atomic mass is 10.2. The van der Waals surface area contributed by atoms with Crippen molar-refractivity contribution in [2.45, 2.75) is 32.6 Å². The number of piperazine rings is 1. The molecule has 0 unspecified atom stereocenters.